The van der Waals surface area contributed by atoms with Gasteiger partial charge in [-0.3, -0.25) is 0 Å². The second kappa shape index (κ2) is 6.59. The highest BCUT2D eigenvalue weighted by atomic mass is 16.5. The molecule has 2 aliphatic rings. The Labute approximate surface area is 123 Å². The number of aliphatic carboxylic acids is 1. The highest BCUT2D eigenvalue weighted by Crippen LogP contribution is 2.22. The number of aliphatic hydroxyl groups excluding tert-OH is 1. The third kappa shape index (κ3) is 3.63. The summed E-state index contributed by atoms with van der Waals surface area (Å²) >= 11 is 0. The van der Waals surface area contributed by atoms with E-state index in [0.717, 1.165) is 0 Å². The van der Waals surface area contributed by atoms with Crippen LogP contribution in [0.2, 0.25) is 0 Å². The SMILES string of the molecule is CN(C)CC1CC(O)CN1C(=O)N1CCOCC1C(=O)O. The second-order valence-corrected chi connectivity index (χ2v) is 5.86. The molecule has 120 valence electrons. The number of rotatable bonds is 3. The van der Waals surface area contributed by atoms with E-state index in [-0.39, 0.29) is 31.8 Å². The summed E-state index contributed by atoms with van der Waals surface area (Å²) in [5, 5.41) is 19.0. The molecule has 0 aromatic carbocycles. The van der Waals surface area contributed by atoms with Crippen molar-refractivity contribution in [2.24, 2.45) is 0 Å². The van der Waals surface area contributed by atoms with Gasteiger partial charge in [-0.25, -0.2) is 9.59 Å². The molecule has 3 unspecified atom stereocenters. The molecular formula is C13H23N3O5. The first kappa shape index (κ1) is 16.0. The minimum Gasteiger partial charge on any atom is -0.480 e. The molecule has 0 aromatic heterocycles. The highest BCUT2D eigenvalue weighted by Gasteiger charge is 2.41. The molecule has 0 saturated carbocycles. The summed E-state index contributed by atoms with van der Waals surface area (Å²) < 4.78 is 5.15. The normalized spacial score (nSPS) is 30.0. The van der Waals surface area contributed by atoms with E-state index in [1.165, 1.54) is 4.90 Å². The minimum absolute atomic E-state index is 0.00974. The number of likely N-dealkylation sites (N-methyl/N-ethyl adjacent to an activating group) is 1. The lowest BCUT2D eigenvalue weighted by molar-refractivity contribution is -0.147. The van der Waals surface area contributed by atoms with Crippen LogP contribution in [-0.2, 0) is 9.53 Å². The number of nitrogens with zero attached hydrogens (tertiary/aromatic N) is 3. The number of β-amino-alcohol motifs (C(OH)–C–C–N with tert-alkyl or cyclic N) is 1. The number of carboxylic acids is 1. The Morgan fingerprint density at radius 1 is 1.33 bits per heavy atom. The molecule has 21 heavy (non-hydrogen) atoms. The fourth-order valence-corrected chi connectivity index (χ4v) is 2.92. The van der Waals surface area contributed by atoms with Gasteiger partial charge in [0.25, 0.3) is 0 Å². The van der Waals surface area contributed by atoms with E-state index in [1.54, 1.807) is 4.90 Å². The number of carboxylic acid groups (broad SMARTS) is 1. The molecular weight excluding hydrogens is 278 g/mol. The summed E-state index contributed by atoms with van der Waals surface area (Å²) in [4.78, 5) is 28.8. The molecule has 2 fully saturated rings. The molecule has 2 N–H and O–H groups in total. The number of carbonyl (C=O) groups excluding carboxylic acids is 1. The molecule has 8 nitrogen and oxygen atoms in total. The van der Waals surface area contributed by atoms with Crippen molar-refractivity contribution >= 4 is 12.0 Å². The monoisotopic (exact) mass is 301 g/mol. The number of aliphatic hydroxyl groups is 1. The zero-order valence-electron chi connectivity index (χ0n) is 12.4. The number of amides is 2. The van der Waals surface area contributed by atoms with Crippen molar-refractivity contribution in [3.05, 3.63) is 0 Å². The summed E-state index contributed by atoms with van der Waals surface area (Å²) in [6.07, 6.45) is -0.0327. The van der Waals surface area contributed by atoms with E-state index in [2.05, 4.69) is 0 Å². The van der Waals surface area contributed by atoms with E-state index < -0.39 is 18.1 Å². The lowest BCUT2D eigenvalue weighted by atomic mass is 10.2. The maximum absolute atomic E-state index is 12.7. The second-order valence-electron chi connectivity index (χ2n) is 5.86. The fraction of sp³-hybridized carbons (Fsp3) is 0.846. The average molecular weight is 301 g/mol. The number of carbonyl (C=O) groups is 2. The molecule has 8 heteroatoms. The first-order valence-electron chi connectivity index (χ1n) is 7.10. The lowest BCUT2D eigenvalue weighted by Crippen LogP contribution is -2.58. The Morgan fingerprint density at radius 3 is 2.67 bits per heavy atom. The summed E-state index contributed by atoms with van der Waals surface area (Å²) in [5.41, 5.74) is 0. The Bertz CT molecular complexity index is 403. The zero-order valence-corrected chi connectivity index (χ0v) is 12.4. The molecule has 2 saturated heterocycles. The van der Waals surface area contributed by atoms with Gasteiger partial charge in [0.1, 0.15) is 0 Å². The summed E-state index contributed by atoms with van der Waals surface area (Å²) in [7, 11) is 3.81. The zero-order chi connectivity index (χ0) is 15.6. The molecule has 0 aliphatic carbocycles. The number of likely N-dealkylation sites (tertiary alicyclic amines) is 1. The van der Waals surface area contributed by atoms with Gasteiger partial charge in [0.05, 0.1) is 19.3 Å². The summed E-state index contributed by atoms with van der Waals surface area (Å²) in [5.74, 6) is -1.06. The smallest absolute Gasteiger partial charge is 0.328 e. The van der Waals surface area contributed by atoms with Crippen LogP contribution in [0.3, 0.4) is 0 Å². The number of urea groups is 1. The molecule has 2 heterocycles. The van der Waals surface area contributed by atoms with Gasteiger partial charge in [-0.05, 0) is 20.5 Å². The molecule has 0 spiro atoms. The van der Waals surface area contributed by atoms with Gasteiger partial charge in [-0.15, -0.1) is 0 Å². The van der Waals surface area contributed by atoms with Gasteiger partial charge in [0, 0.05) is 25.7 Å². The van der Waals surface area contributed by atoms with Gasteiger partial charge in [0.15, 0.2) is 6.04 Å². The fourth-order valence-electron chi connectivity index (χ4n) is 2.92. The van der Waals surface area contributed by atoms with Crippen LogP contribution >= 0.6 is 0 Å². The van der Waals surface area contributed by atoms with Gasteiger partial charge < -0.3 is 29.6 Å². The van der Waals surface area contributed by atoms with Gasteiger partial charge in [-0.1, -0.05) is 0 Å². The maximum atomic E-state index is 12.7. The Morgan fingerprint density at radius 2 is 2.05 bits per heavy atom. The van der Waals surface area contributed by atoms with Crippen LogP contribution in [0, 0.1) is 0 Å². The van der Waals surface area contributed by atoms with Crippen molar-refractivity contribution in [2.45, 2.75) is 24.6 Å². The van der Waals surface area contributed by atoms with Gasteiger partial charge in [0.2, 0.25) is 0 Å². The number of ether oxygens (including phenoxy) is 1. The van der Waals surface area contributed by atoms with Crippen molar-refractivity contribution in [3.8, 4) is 0 Å². The topological polar surface area (TPSA) is 93.5 Å². The predicted octanol–water partition coefficient (Wildman–Crippen LogP) is -1.11. The third-order valence-corrected chi connectivity index (χ3v) is 3.87. The largest absolute Gasteiger partial charge is 0.480 e. The van der Waals surface area contributed by atoms with Crippen molar-refractivity contribution in [3.63, 3.8) is 0 Å². The first-order valence-corrected chi connectivity index (χ1v) is 7.10. The average Bonchev–Trinajstić information content (AvgIpc) is 2.77. The number of hydrogen-bond acceptors (Lipinski definition) is 5. The van der Waals surface area contributed by atoms with Gasteiger partial charge >= 0.3 is 12.0 Å². The molecule has 0 radical (unpaired) electrons. The van der Waals surface area contributed by atoms with Crippen LogP contribution in [0.25, 0.3) is 0 Å². The Kier molecular flexibility index (Phi) is 5.02. The van der Waals surface area contributed by atoms with E-state index in [1.807, 2.05) is 19.0 Å². The lowest BCUT2D eigenvalue weighted by Gasteiger charge is -2.37. The standard InChI is InChI=1S/C13H23N3O5/c1-14(2)6-9-5-10(17)7-16(9)13(20)15-3-4-21-8-11(15)12(18)19/h9-11,17H,3-8H2,1-2H3,(H,18,19). The molecule has 0 aromatic rings. The van der Waals surface area contributed by atoms with Crippen molar-refractivity contribution in [1.82, 2.24) is 14.7 Å². The molecule has 3 atom stereocenters. The molecule has 2 amide bonds. The van der Waals surface area contributed by atoms with Crippen molar-refractivity contribution < 1.29 is 24.5 Å². The first-order chi connectivity index (χ1) is 9.90. The van der Waals surface area contributed by atoms with E-state index >= 15 is 0 Å². The molecule has 2 aliphatic heterocycles. The molecule has 2 rings (SSSR count). The van der Waals surface area contributed by atoms with Crippen LogP contribution in [-0.4, -0.2) is 102 Å². The van der Waals surface area contributed by atoms with Crippen LogP contribution < -0.4 is 0 Å². The van der Waals surface area contributed by atoms with Crippen molar-refractivity contribution in [2.75, 3.05) is 46.9 Å². The van der Waals surface area contributed by atoms with Crippen LogP contribution in [0.15, 0.2) is 0 Å². The van der Waals surface area contributed by atoms with E-state index in [9.17, 15) is 19.8 Å². The van der Waals surface area contributed by atoms with E-state index in [4.69, 9.17) is 4.74 Å². The summed E-state index contributed by atoms with van der Waals surface area (Å²) in [6.45, 7) is 1.50. The predicted molar refractivity (Wildman–Crippen MR) is 74.0 cm³/mol. The molecule has 0 bridgehead atoms. The van der Waals surface area contributed by atoms with E-state index in [0.29, 0.717) is 19.6 Å². The number of hydrogen-bond donors (Lipinski definition) is 2. The van der Waals surface area contributed by atoms with Crippen LogP contribution in [0.4, 0.5) is 4.79 Å². The maximum Gasteiger partial charge on any atom is 0.328 e. The minimum atomic E-state index is -1.06. The van der Waals surface area contributed by atoms with Crippen molar-refractivity contribution in [1.29, 1.82) is 0 Å². The quantitative estimate of drug-likeness (QED) is 0.686. The van der Waals surface area contributed by atoms with Crippen LogP contribution in [0.1, 0.15) is 6.42 Å². The van der Waals surface area contributed by atoms with Crippen LogP contribution in [0.5, 0.6) is 0 Å². The Balaban J connectivity index is 2.10. The summed E-state index contributed by atoms with van der Waals surface area (Å²) in [6, 6.07) is -1.38. The third-order valence-electron chi connectivity index (χ3n) is 3.87. The Hall–Kier alpha value is -1.38. The van der Waals surface area contributed by atoms with Gasteiger partial charge in [-0.2, -0.15) is 0 Å². The number of morpholine rings is 1. The highest BCUT2D eigenvalue weighted by molar-refractivity contribution is 5.83.